The molecule has 1 fully saturated rings. The smallest absolute Gasteiger partial charge is 0.284 e. The molecule has 3 aromatic rings. The van der Waals surface area contributed by atoms with Crippen LogP contribution in [0.1, 0.15) is 34.3 Å². The average Bonchev–Trinajstić information content (AvgIpc) is 3.58. The molecular formula is C21H17F2N5O2. The van der Waals surface area contributed by atoms with E-state index in [0.717, 1.165) is 19.0 Å². The second-order valence-corrected chi connectivity index (χ2v) is 6.81. The van der Waals surface area contributed by atoms with Crippen molar-refractivity contribution in [2.45, 2.75) is 19.8 Å². The van der Waals surface area contributed by atoms with Gasteiger partial charge in [-0.3, -0.25) is 9.78 Å². The summed E-state index contributed by atoms with van der Waals surface area (Å²) >= 11 is 0. The standard InChI is InChI=1S/C21H17F2N5O2/c1-12-15(10-24-11-17(12)23)20(29)27-18-7-6-14(9-26-18)19(13-4-5-13)28-30-21-16(22)3-2-8-25-21/h2-3,6-11,13H,4-5H2,1H3,(H,26,27,29)/b28-19+. The lowest BCUT2D eigenvalue weighted by atomic mass is 10.1. The van der Waals surface area contributed by atoms with Crippen LogP contribution in [0.25, 0.3) is 0 Å². The first kappa shape index (κ1) is 19.6. The number of carbonyl (C=O) groups is 1. The number of anilines is 1. The lowest BCUT2D eigenvalue weighted by Crippen LogP contribution is -2.16. The Bertz CT molecular complexity index is 1110. The third kappa shape index (κ3) is 4.29. The van der Waals surface area contributed by atoms with Crippen molar-refractivity contribution in [3.05, 3.63) is 77.4 Å². The van der Waals surface area contributed by atoms with Crippen molar-refractivity contribution in [3.63, 3.8) is 0 Å². The van der Waals surface area contributed by atoms with Gasteiger partial charge in [-0.25, -0.2) is 18.7 Å². The first-order valence-electron chi connectivity index (χ1n) is 9.26. The lowest BCUT2D eigenvalue weighted by molar-refractivity contribution is 0.102. The quantitative estimate of drug-likeness (QED) is 0.493. The maximum atomic E-state index is 13.7. The van der Waals surface area contributed by atoms with Crippen molar-refractivity contribution in [2.24, 2.45) is 11.1 Å². The van der Waals surface area contributed by atoms with Gasteiger partial charge in [0.25, 0.3) is 11.8 Å². The molecule has 0 atom stereocenters. The molecule has 1 saturated carbocycles. The Kier molecular flexibility index (Phi) is 5.42. The Morgan fingerprint density at radius 2 is 1.97 bits per heavy atom. The van der Waals surface area contributed by atoms with Gasteiger partial charge in [-0.2, -0.15) is 0 Å². The highest BCUT2D eigenvalue weighted by Crippen LogP contribution is 2.33. The Balaban J connectivity index is 1.50. The topological polar surface area (TPSA) is 89.4 Å². The van der Waals surface area contributed by atoms with Gasteiger partial charge in [0.15, 0.2) is 5.82 Å². The highest BCUT2D eigenvalue weighted by atomic mass is 19.1. The number of amides is 1. The van der Waals surface area contributed by atoms with Crippen molar-refractivity contribution >= 4 is 17.4 Å². The number of halogens is 2. The van der Waals surface area contributed by atoms with E-state index < -0.39 is 17.5 Å². The molecule has 0 radical (unpaired) electrons. The second-order valence-electron chi connectivity index (χ2n) is 6.81. The fraction of sp³-hybridized carbons (Fsp3) is 0.190. The third-order valence-corrected chi connectivity index (χ3v) is 4.62. The summed E-state index contributed by atoms with van der Waals surface area (Å²) in [5, 5.41) is 6.70. The zero-order valence-electron chi connectivity index (χ0n) is 16.0. The van der Waals surface area contributed by atoms with E-state index in [1.807, 2.05) is 0 Å². The highest BCUT2D eigenvalue weighted by Gasteiger charge is 2.30. The number of hydrogen-bond acceptors (Lipinski definition) is 6. The Labute approximate surface area is 170 Å². The Hall–Kier alpha value is -3.75. The molecule has 0 aromatic carbocycles. The van der Waals surface area contributed by atoms with E-state index in [1.165, 1.54) is 31.5 Å². The minimum Gasteiger partial charge on any atom is -0.333 e. The van der Waals surface area contributed by atoms with Gasteiger partial charge in [-0.05, 0) is 44.0 Å². The summed E-state index contributed by atoms with van der Waals surface area (Å²) in [6.07, 6.45) is 7.19. The van der Waals surface area contributed by atoms with Crippen LogP contribution in [-0.4, -0.2) is 26.6 Å². The number of oxime groups is 1. The number of rotatable bonds is 6. The summed E-state index contributed by atoms with van der Waals surface area (Å²) in [6.45, 7) is 1.51. The molecule has 152 valence electrons. The monoisotopic (exact) mass is 409 g/mol. The van der Waals surface area contributed by atoms with Crippen molar-refractivity contribution in [2.75, 3.05) is 5.32 Å². The van der Waals surface area contributed by atoms with E-state index in [-0.39, 0.29) is 22.9 Å². The summed E-state index contributed by atoms with van der Waals surface area (Å²) in [6, 6.07) is 6.04. The number of nitrogens with zero attached hydrogens (tertiary/aromatic N) is 4. The molecule has 0 aliphatic heterocycles. The fourth-order valence-electron chi connectivity index (χ4n) is 2.78. The van der Waals surface area contributed by atoms with E-state index in [2.05, 4.69) is 25.4 Å². The van der Waals surface area contributed by atoms with Crippen LogP contribution in [0.2, 0.25) is 0 Å². The summed E-state index contributed by atoms with van der Waals surface area (Å²) in [7, 11) is 0. The number of nitrogens with one attached hydrogen (secondary N) is 1. The van der Waals surface area contributed by atoms with Crippen LogP contribution in [0.15, 0.2) is 54.2 Å². The van der Waals surface area contributed by atoms with E-state index in [1.54, 1.807) is 18.3 Å². The molecule has 0 saturated heterocycles. The SMILES string of the molecule is Cc1c(F)cncc1C(=O)Nc1ccc(/C(=N/Oc2ncccc2F)C2CC2)cn1. The van der Waals surface area contributed by atoms with Crippen LogP contribution < -0.4 is 10.2 Å². The van der Waals surface area contributed by atoms with Crippen molar-refractivity contribution in [1.29, 1.82) is 0 Å². The summed E-state index contributed by atoms with van der Waals surface area (Å²) in [4.78, 5) is 29.3. The van der Waals surface area contributed by atoms with Gasteiger partial charge in [0.2, 0.25) is 0 Å². The Morgan fingerprint density at radius 1 is 1.13 bits per heavy atom. The molecule has 1 aliphatic carbocycles. The molecule has 4 rings (SSSR count). The van der Waals surface area contributed by atoms with Gasteiger partial charge in [0.05, 0.1) is 17.5 Å². The predicted octanol–water partition coefficient (Wildman–Crippen LogP) is 3.90. The van der Waals surface area contributed by atoms with E-state index in [0.29, 0.717) is 17.1 Å². The van der Waals surface area contributed by atoms with Crippen LogP contribution in [0.3, 0.4) is 0 Å². The van der Waals surface area contributed by atoms with Crippen molar-refractivity contribution in [1.82, 2.24) is 15.0 Å². The molecule has 7 nitrogen and oxygen atoms in total. The van der Waals surface area contributed by atoms with Gasteiger partial charge in [-0.1, -0.05) is 5.16 Å². The Morgan fingerprint density at radius 3 is 2.67 bits per heavy atom. The normalized spacial score (nSPS) is 13.8. The van der Waals surface area contributed by atoms with Gasteiger partial charge in [-0.15, -0.1) is 0 Å². The minimum absolute atomic E-state index is 0.131. The minimum atomic E-state index is -0.602. The van der Waals surface area contributed by atoms with E-state index in [4.69, 9.17) is 4.84 Å². The summed E-state index contributed by atoms with van der Waals surface area (Å²) < 4.78 is 27.3. The maximum Gasteiger partial charge on any atom is 0.284 e. The average molecular weight is 409 g/mol. The second kappa shape index (κ2) is 8.32. The number of hydrogen-bond donors (Lipinski definition) is 1. The molecule has 0 spiro atoms. The lowest BCUT2D eigenvalue weighted by Gasteiger charge is -2.09. The van der Waals surface area contributed by atoms with Crippen LogP contribution >= 0.6 is 0 Å². The molecule has 1 aliphatic rings. The molecule has 1 N–H and O–H groups in total. The van der Waals surface area contributed by atoms with Gasteiger partial charge in [0.1, 0.15) is 11.6 Å². The molecule has 3 aromatic heterocycles. The third-order valence-electron chi connectivity index (χ3n) is 4.62. The zero-order valence-corrected chi connectivity index (χ0v) is 16.0. The van der Waals surface area contributed by atoms with Gasteiger partial charge >= 0.3 is 0 Å². The van der Waals surface area contributed by atoms with Crippen LogP contribution in [0, 0.1) is 24.5 Å². The van der Waals surface area contributed by atoms with E-state index in [9.17, 15) is 13.6 Å². The highest BCUT2D eigenvalue weighted by molar-refractivity contribution is 6.05. The first-order valence-corrected chi connectivity index (χ1v) is 9.26. The number of pyridine rings is 3. The molecule has 0 unspecified atom stereocenters. The maximum absolute atomic E-state index is 13.7. The van der Waals surface area contributed by atoms with Crippen LogP contribution in [0.4, 0.5) is 14.6 Å². The van der Waals surface area contributed by atoms with Gasteiger partial charge in [0, 0.05) is 35.6 Å². The van der Waals surface area contributed by atoms with E-state index >= 15 is 0 Å². The fourth-order valence-corrected chi connectivity index (χ4v) is 2.78. The molecule has 9 heteroatoms. The van der Waals surface area contributed by atoms with Crippen molar-refractivity contribution < 1.29 is 18.4 Å². The summed E-state index contributed by atoms with van der Waals surface area (Å²) in [5.74, 6) is -1.38. The molecule has 1 amide bonds. The molecule has 3 heterocycles. The van der Waals surface area contributed by atoms with Crippen LogP contribution in [-0.2, 0) is 0 Å². The number of aromatic nitrogens is 3. The molecule has 30 heavy (non-hydrogen) atoms. The molecule has 0 bridgehead atoms. The largest absolute Gasteiger partial charge is 0.333 e. The van der Waals surface area contributed by atoms with Crippen LogP contribution in [0.5, 0.6) is 5.88 Å². The molecular weight excluding hydrogens is 392 g/mol. The van der Waals surface area contributed by atoms with Crippen molar-refractivity contribution in [3.8, 4) is 5.88 Å². The van der Waals surface area contributed by atoms with Gasteiger partial charge < -0.3 is 10.2 Å². The summed E-state index contributed by atoms with van der Waals surface area (Å²) in [5.41, 5.74) is 1.67. The first-order chi connectivity index (χ1) is 14.5. The predicted molar refractivity (Wildman–Crippen MR) is 105 cm³/mol. The number of carbonyl (C=O) groups excluding carboxylic acids is 1. The zero-order chi connectivity index (χ0) is 21.1.